The molecule has 1 rings (SSSR count). The largest absolute Gasteiger partial charge is 0.326 e. The molecule has 4 nitrogen and oxygen atoms in total. The summed E-state index contributed by atoms with van der Waals surface area (Å²) in [5.41, 5.74) is 0. The minimum absolute atomic E-state index is 0.137. The van der Waals surface area contributed by atoms with Gasteiger partial charge in [-0.25, -0.2) is 4.79 Å². The summed E-state index contributed by atoms with van der Waals surface area (Å²) in [4.78, 5) is 23.9. The predicted molar refractivity (Wildman–Crippen MR) is 30.8 cm³/mol. The van der Waals surface area contributed by atoms with Gasteiger partial charge < -0.3 is 4.90 Å². The maximum atomic E-state index is 10.7. The molecule has 0 aliphatic carbocycles. The van der Waals surface area contributed by atoms with E-state index >= 15 is 0 Å². The molecule has 1 fully saturated rings. The summed E-state index contributed by atoms with van der Waals surface area (Å²) >= 11 is 0. The van der Waals surface area contributed by atoms with Crippen molar-refractivity contribution in [1.82, 2.24) is 9.80 Å². The van der Waals surface area contributed by atoms with E-state index in [1.807, 2.05) is 0 Å². The van der Waals surface area contributed by atoms with Crippen molar-refractivity contribution in [3.8, 4) is 0 Å². The van der Waals surface area contributed by atoms with Crippen molar-refractivity contribution in [1.29, 1.82) is 0 Å². The highest BCUT2D eigenvalue weighted by Crippen LogP contribution is 2.02. The lowest BCUT2D eigenvalue weighted by molar-refractivity contribution is -0.124. The smallest absolute Gasteiger partial charge is 0.318 e. The Morgan fingerprint density at radius 2 is 1.89 bits per heavy atom. The molecule has 0 aromatic rings. The molecule has 9 heavy (non-hydrogen) atoms. The maximum absolute atomic E-state index is 10.7. The molecule has 0 saturated carbocycles. The normalized spacial score (nSPS) is 19.8. The van der Waals surface area contributed by atoms with Crippen molar-refractivity contribution >= 4 is 11.9 Å². The fourth-order valence-corrected chi connectivity index (χ4v) is 0.739. The minimum atomic E-state index is -0.222. The second-order valence-corrected chi connectivity index (χ2v) is 2.09. The van der Waals surface area contributed by atoms with Crippen molar-refractivity contribution in [2.75, 3.05) is 20.6 Å². The van der Waals surface area contributed by atoms with Gasteiger partial charge in [-0.05, 0) is 0 Å². The van der Waals surface area contributed by atoms with Gasteiger partial charge in [0.2, 0.25) is 5.91 Å². The van der Waals surface area contributed by atoms with Crippen LogP contribution in [0.5, 0.6) is 0 Å². The summed E-state index contributed by atoms with van der Waals surface area (Å²) in [6.45, 7) is 0.218. The Balaban J connectivity index is 2.77. The summed E-state index contributed by atoms with van der Waals surface area (Å²) in [6.07, 6.45) is 0. The Kier molecular flexibility index (Phi) is 1.16. The molecule has 1 aliphatic heterocycles. The number of nitrogens with zero attached hydrogens (tertiary/aromatic N) is 2. The Bertz CT molecular complexity index is 166. The average Bonchev–Trinajstić information content (AvgIpc) is 1.98. The van der Waals surface area contributed by atoms with Crippen LogP contribution in [0.25, 0.3) is 0 Å². The van der Waals surface area contributed by atoms with Crippen LogP contribution in [0.2, 0.25) is 0 Å². The zero-order valence-electron chi connectivity index (χ0n) is 5.42. The zero-order valence-corrected chi connectivity index (χ0v) is 5.42. The van der Waals surface area contributed by atoms with Crippen LogP contribution in [0.4, 0.5) is 4.79 Å². The third kappa shape index (κ3) is 0.759. The third-order valence-corrected chi connectivity index (χ3v) is 1.36. The summed E-state index contributed by atoms with van der Waals surface area (Å²) in [7, 11) is 3.08. The SMILES string of the molecule is CN1CC(=O)N(C)C1=O. The van der Waals surface area contributed by atoms with E-state index < -0.39 is 0 Å². The van der Waals surface area contributed by atoms with Gasteiger partial charge in [0.25, 0.3) is 0 Å². The quantitative estimate of drug-likeness (QED) is 0.413. The first kappa shape index (κ1) is 6.07. The number of hydrogen-bond donors (Lipinski definition) is 0. The summed E-state index contributed by atoms with van der Waals surface area (Å²) < 4.78 is 0. The van der Waals surface area contributed by atoms with Gasteiger partial charge in [-0.3, -0.25) is 9.69 Å². The molecule has 50 valence electrons. The number of amides is 3. The van der Waals surface area contributed by atoms with Crippen LogP contribution in [-0.4, -0.2) is 42.4 Å². The first-order valence-corrected chi connectivity index (χ1v) is 2.64. The van der Waals surface area contributed by atoms with Gasteiger partial charge in [0, 0.05) is 14.1 Å². The first-order valence-electron chi connectivity index (χ1n) is 2.64. The second kappa shape index (κ2) is 1.72. The Labute approximate surface area is 53.0 Å². The monoisotopic (exact) mass is 128 g/mol. The highest BCUT2D eigenvalue weighted by atomic mass is 16.2. The van der Waals surface area contributed by atoms with Gasteiger partial charge in [-0.15, -0.1) is 0 Å². The molecule has 0 aromatic carbocycles. The van der Waals surface area contributed by atoms with Gasteiger partial charge in [-0.1, -0.05) is 0 Å². The van der Waals surface area contributed by atoms with E-state index in [9.17, 15) is 9.59 Å². The lowest BCUT2D eigenvalue weighted by Gasteiger charge is -2.05. The fourth-order valence-electron chi connectivity index (χ4n) is 0.739. The number of carbonyl (C=O) groups excluding carboxylic acids is 2. The van der Waals surface area contributed by atoms with Gasteiger partial charge in [0.05, 0.1) is 0 Å². The molecule has 3 amide bonds. The molecule has 0 unspecified atom stereocenters. The zero-order chi connectivity index (χ0) is 7.02. The van der Waals surface area contributed by atoms with Gasteiger partial charge in [0.15, 0.2) is 0 Å². The van der Waals surface area contributed by atoms with Crippen LogP contribution in [0.1, 0.15) is 0 Å². The van der Waals surface area contributed by atoms with Gasteiger partial charge >= 0.3 is 6.03 Å². The number of hydrogen-bond acceptors (Lipinski definition) is 2. The van der Waals surface area contributed by atoms with Crippen LogP contribution in [0, 0.1) is 0 Å². The molecule has 0 atom stereocenters. The topological polar surface area (TPSA) is 40.6 Å². The summed E-state index contributed by atoms with van der Waals surface area (Å²) in [6, 6.07) is -0.222. The van der Waals surface area contributed by atoms with E-state index in [2.05, 4.69) is 0 Å². The van der Waals surface area contributed by atoms with E-state index in [1.165, 1.54) is 11.9 Å². The summed E-state index contributed by atoms with van der Waals surface area (Å²) in [5, 5.41) is 0. The van der Waals surface area contributed by atoms with Crippen molar-refractivity contribution in [3.05, 3.63) is 0 Å². The average molecular weight is 128 g/mol. The van der Waals surface area contributed by atoms with E-state index in [4.69, 9.17) is 0 Å². The molecule has 0 aromatic heterocycles. The Hall–Kier alpha value is -1.06. The molecular formula is C5H8N2O2. The molecule has 0 spiro atoms. The maximum Gasteiger partial charge on any atom is 0.326 e. The molecule has 1 heterocycles. The highest BCUT2D eigenvalue weighted by Gasteiger charge is 2.29. The number of imide groups is 1. The van der Waals surface area contributed by atoms with E-state index in [1.54, 1.807) is 7.05 Å². The summed E-state index contributed by atoms with van der Waals surface area (Å²) in [5.74, 6) is -0.137. The van der Waals surface area contributed by atoms with Gasteiger partial charge in [-0.2, -0.15) is 0 Å². The molecule has 1 aliphatic rings. The van der Waals surface area contributed by atoms with E-state index in [0.29, 0.717) is 0 Å². The number of carbonyl (C=O) groups is 2. The molecule has 0 bridgehead atoms. The van der Waals surface area contributed by atoms with Crippen LogP contribution in [-0.2, 0) is 4.79 Å². The number of urea groups is 1. The Morgan fingerprint density at radius 3 is 2.00 bits per heavy atom. The van der Waals surface area contributed by atoms with E-state index in [-0.39, 0.29) is 18.5 Å². The molecule has 1 saturated heterocycles. The minimum Gasteiger partial charge on any atom is -0.318 e. The van der Waals surface area contributed by atoms with Crippen LogP contribution < -0.4 is 0 Å². The van der Waals surface area contributed by atoms with Gasteiger partial charge in [0.1, 0.15) is 6.54 Å². The van der Waals surface area contributed by atoms with Crippen molar-refractivity contribution < 1.29 is 9.59 Å². The number of rotatable bonds is 0. The van der Waals surface area contributed by atoms with Crippen LogP contribution >= 0.6 is 0 Å². The number of likely N-dealkylation sites (N-methyl/N-ethyl adjacent to an activating group) is 2. The molecule has 0 N–H and O–H groups in total. The molecular weight excluding hydrogens is 120 g/mol. The van der Waals surface area contributed by atoms with Crippen LogP contribution in [0.15, 0.2) is 0 Å². The standard InChI is InChI=1S/C5H8N2O2/c1-6-3-4(8)7(2)5(6)9/h3H2,1-2H3. The van der Waals surface area contributed by atoms with Crippen molar-refractivity contribution in [3.63, 3.8) is 0 Å². The van der Waals surface area contributed by atoms with Crippen LogP contribution in [0.3, 0.4) is 0 Å². The fraction of sp³-hybridized carbons (Fsp3) is 0.600. The lowest BCUT2D eigenvalue weighted by atomic mass is 10.6. The van der Waals surface area contributed by atoms with Crippen molar-refractivity contribution in [2.45, 2.75) is 0 Å². The van der Waals surface area contributed by atoms with Crippen molar-refractivity contribution in [2.24, 2.45) is 0 Å². The first-order chi connectivity index (χ1) is 4.13. The third-order valence-electron chi connectivity index (χ3n) is 1.36. The lowest BCUT2D eigenvalue weighted by Crippen LogP contribution is -2.27. The predicted octanol–water partition coefficient (Wildman–Crippen LogP) is -0.490. The highest BCUT2D eigenvalue weighted by molar-refractivity contribution is 6.01. The molecule has 4 heteroatoms. The molecule has 0 radical (unpaired) electrons. The van der Waals surface area contributed by atoms with E-state index in [0.717, 1.165) is 4.90 Å². The Morgan fingerprint density at radius 1 is 1.33 bits per heavy atom. The second-order valence-electron chi connectivity index (χ2n) is 2.09.